The normalized spacial score (nSPS) is 19.5. The van der Waals surface area contributed by atoms with Gasteiger partial charge in [-0.2, -0.15) is 0 Å². The van der Waals surface area contributed by atoms with Crippen molar-refractivity contribution in [1.29, 1.82) is 0 Å². The van der Waals surface area contributed by atoms with E-state index in [1.165, 1.54) is 0 Å². The predicted octanol–water partition coefficient (Wildman–Crippen LogP) is 2.12. The van der Waals surface area contributed by atoms with Gasteiger partial charge in [-0.15, -0.1) is 0 Å². The number of carbonyl (C=O) groups is 3. The van der Waals surface area contributed by atoms with E-state index in [0.29, 0.717) is 24.3 Å². The van der Waals surface area contributed by atoms with Gasteiger partial charge in [-0.3, -0.25) is 19.3 Å². The summed E-state index contributed by atoms with van der Waals surface area (Å²) < 4.78 is 0. The number of rotatable bonds is 4. The Hall–Kier alpha value is -2.90. The van der Waals surface area contributed by atoms with Crippen LogP contribution in [0, 0.1) is 0 Å². The SMILES string of the molecule is O=C1NC(CC(=O)N2CCN(Cc3ccccc3Cl)CC2)C(=O)Nc2ccccc21. The lowest BCUT2D eigenvalue weighted by molar-refractivity contribution is -0.135. The van der Waals surface area contributed by atoms with Gasteiger partial charge in [0.2, 0.25) is 11.8 Å². The van der Waals surface area contributed by atoms with E-state index < -0.39 is 6.04 Å². The molecule has 1 atom stereocenters. The van der Waals surface area contributed by atoms with Gasteiger partial charge in [0.25, 0.3) is 5.91 Å². The van der Waals surface area contributed by atoms with Gasteiger partial charge in [-0.1, -0.05) is 41.9 Å². The fourth-order valence-corrected chi connectivity index (χ4v) is 3.98. The fraction of sp³-hybridized carbons (Fsp3) is 0.318. The number of hydrogen-bond donors (Lipinski definition) is 2. The summed E-state index contributed by atoms with van der Waals surface area (Å²) in [5.74, 6) is -0.871. The Morgan fingerprint density at radius 2 is 1.70 bits per heavy atom. The minimum Gasteiger partial charge on any atom is -0.340 e. The Morgan fingerprint density at radius 1 is 1.00 bits per heavy atom. The van der Waals surface area contributed by atoms with Crippen LogP contribution in [-0.4, -0.2) is 59.7 Å². The van der Waals surface area contributed by atoms with Crippen LogP contribution in [-0.2, 0) is 16.1 Å². The molecule has 8 heteroatoms. The highest BCUT2D eigenvalue weighted by Crippen LogP contribution is 2.20. The van der Waals surface area contributed by atoms with Gasteiger partial charge in [-0.25, -0.2) is 0 Å². The highest BCUT2D eigenvalue weighted by molar-refractivity contribution is 6.31. The van der Waals surface area contributed by atoms with Crippen LogP contribution in [0.15, 0.2) is 48.5 Å². The van der Waals surface area contributed by atoms with Crippen LogP contribution < -0.4 is 10.6 Å². The molecule has 2 aliphatic heterocycles. The minimum atomic E-state index is -0.890. The molecule has 0 aromatic heterocycles. The monoisotopic (exact) mass is 426 g/mol. The fourth-order valence-electron chi connectivity index (χ4n) is 3.78. The smallest absolute Gasteiger partial charge is 0.254 e. The number of piperazine rings is 1. The van der Waals surface area contributed by atoms with E-state index >= 15 is 0 Å². The molecule has 2 N–H and O–H groups in total. The van der Waals surface area contributed by atoms with Crippen LogP contribution in [0.5, 0.6) is 0 Å². The molecule has 2 aliphatic rings. The van der Waals surface area contributed by atoms with Crippen LogP contribution in [0.3, 0.4) is 0 Å². The number of hydrogen-bond acceptors (Lipinski definition) is 4. The molecule has 156 valence electrons. The first kappa shape index (κ1) is 20.4. The summed E-state index contributed by atoms with van der Waals surface area (Å²) in [5, 5.41) is 6.16. The van der Waals surface area contributed by atoms with Crippen molar-refractivity contribution in [3.8, 4) is 0 Å². The Kier molecular flexibility index (Phi) is 6.01. The van der Waals surface area contributed by atoms with E-state index in [0.717, 1.165) is 30.2 Å². The summed E-state index contributed by atoms with van der Waals surface area (Å²) in [4.78, 5) is 41.7. The molecule has 1 saturated heterocycles. The number of amides is 3. The van der Waals surface area contributed by atoms with E-state index in [9.17, 15) is 14.4 Å². The van der Waals surface area contributed by atoms with E-state index in [-0.39, 0.29) is 24.1 Å². The van der Waals surface area contributed by atoms with Crippen LogP contribution in [0.1, 0.15) is 22.3 Å². The van der Waals surface area contributed by atoms with Gasteiger partial charge in [-0.05, 0) is 23.8 Å². The van der Waals surface area contributed by atoms with Crippen LogP contribution in [0.2, 0.25) is 5.02 Å². The summed E-state index contributed by atoms with van der Waals surface area (Å²) in [6.45, 7) is 3.34. The summed E-state index contributed by atoms with van der Waals surface area (Å²) in [6, 6.07) is 13.7. The molecule has 0 bridgehead atoms. The van der Waals surface area contributed by atoms with Crippen molar-refractivity contribution in [3.63, 3.8) is 0 Å². The lowest BCUT2D eigenvalue weighted by Gasteiger charge is -2.35. The Labute approximate surface area is 180 Å². The summed E-state index contributed by atoms with van der Waals surface area (Å²) >= 11 is 6.24. The largest absolute Gasteiger partial charge is 0.340 e. The molecule has 7 nitrogen and oxygen atoms in total. The summed E-state index contributed by atoms with van der Waals surface area (Å²) in [6.07, 6.45) is -0.0594. The van der Waals surface area contributed by atoms with Crippen molar-refractivity contribution in [2.24, 2.45) is 0 Å². The maximum Gasteiger partial charge on any atom is 0.254 e. The number of fused-ring (bicyclic) bond motifs is 1. The molecule has 0 saturated carbocycles. The molecule has 3 amide bonds. The van der Waals surface area contributed by atoms with Gasteiger partial charge < -0.3 is 15.5 Å². The van der Waals surface area contributed by atoms with E-state index in [2.05, 4.69) is 15.5 Å². The maximum absolute atomic E-state index is 12.8. The van der Waals surface area contributed by atoms with Crippen molar-refractivity contribution < 1.29 is 14.4 Å². The molecule has 2 aromatic carbocycles. The van der Waals surface area contributed by atoms with Crippen molar-refractivity contribution in [1.82, 2.24) is 15.1 Å². The average molecular weight is 427 g/mol. The highest BCUT2D eigenvalue weighted by Gasteiger charge is 2.31. The standard InChI is InChI=1S/C22H23ClN4O3/c23-17-7-3-1-5-15(17)14-26-9-11-27(12-10-26)20(28)13-19-22(30)24-18-8-4-2-6-16(18)21(29)25-19/h1-8,19H,9-14H2,(H,24,30)(H,25,29). The first-order valence-corrected chi connectivity index (χ1v) is 10.3. The summed E-state index contributed by atoms with van der Waals surface area (Å²) in [5.41, 5.74) is 1.92. The third-order valence-electron chi connectivity index (χ3n) is 5.51. The number of para-hydroxylation sites is 1. The minimum absolute atomic E-state index is 0.0594. The number of nitrogens with one attached hydrogen (secondary N) is 2. The van der Waals surface area contributed by atoms with Crippen LogP contribution in [0.4, 0.5) is 5.69 Å². The lowest BCUT2D eigenvalue weighted by atomic mass is 10.1. The zero-order valence-electron chi connectivity index (χ0n) is 16.4. The van der Waals surface area contributed by atoms with Crippen LogP contribution in [0.25, 0.3) is 0 Å². The van der Waals surface area contributed by atoms with Gasteiger partial charge in [0.1, 0.15) is 6.04 Å². The molecular weight excluding hydrogens is 404 g/mol. The zero-order valence-corrected chi connectivity index (χ0v) is 17.2. The molecule has 4 rings (SSSR count). The molecule has 1 fully saturated rings. The maximum atomic E-state index is 12.8. The molecule has 0 radical (unpaired) electrons. The first-order valence-electron chi connectivity index (χ1n) is 9.95. The Morgan fingerprint density at radius 3 is 2.47 bits per heavy atom. The number of nitrogens with zero attached hydrogens (tertiary/aromatic N) is 2. The van der Waals surface area contributed by atoms with Gasteiger partial charge in [0, 0.05) is 37.7 Å². The predicted molar refractivity (Wildman–Crippen MR) is 114 cm³/mol. The molecule has 2 heterocycles. The van der Waals surface area contributed by atoms with E-state index in [1.54, 1.807) is 29.2 Å². The van der Waals surface area contributed by atoms with Gasteiger partial charge >= 0.3 is 0 Å². The quantitative estimate of drug-likeness (QED) is 0.784. The molecule has 30 heavy (non-hydrogen) atoms. The number of benzene rings is 2. The van der Waals surface area contributed by atoms with E-state index in [4.69, 9.17) is 11.6 Å². The zero-order chi connectivity index (χ0) is 21.1. The van der Waals surface area contributed by atoms with Crippen molar-refractivity contribution in [3.05, 3.63) is 64.7 Å². The van der Waals surface area contributed by atoms with Crippen molar-refractivity contribution >= 4 is 35.0 Å². The molecular formula is C22H23ClN4O3. The van der Waals surface area contributed by atoms with Crippen molar-refractivity contribution in [2.45, 2.75) is 19.0 Å². The first-order chi connectivity index (χ1) is 14.5. The average Bonchev–Trinajstić information content (AvgIpc) is 2.86. The third-order valence-corrected chi connectivity index (χ3v) is 5.88. The topological polar surface area (TPSA) is 81.8 Å². The van der Waals surface area contributed by atoms with Crippen molar-refractivity contribution in [2.75, 3.05) is 31.5 Å². The summed E-state index contributed by atoms with van der Waals surface area (Å²) in [7, 11) is 0. The van der Waals surface area contributed by atoms with Crippen LogP contribution >= 0.6 is 11.6 Å². The third kappa shape index (κ3) is 4.47. The Balaban J connectivity index is 1.32. The molecule has 0 spiro atoms. The lowest BCUT2D eigenvalue weighted by Crippen LogP contribution is -2.51. The second-order valence-corrected chi connectivity index (χ2v) is 7.92. The number of halogens is 1. The number of anilines is 1. The molecule has 2 aromatic rings. The van der Waals surface area contributed by atoms with Gasteiger partial charge in [0.05, 0.1) is 17.7 Å². The Bertz CT molecular complexity index is 972. The van der Waals surface area contributed by atoms with E-state index in [1.807, 2.05) is 24.3 Å². The second kappa shape index (κ2) is 8.85. The second-order valence-electron chi connectivity index (χ2n) is 7.51. The highest BCUT2D eigenvalue weighted by atomic mass is 35.5. The molecule has 1 unspecified atom stereocenters. The molecule has 0 aliphatic carbocycles. The number of carbonyl (C=O) groups excluding carboxylic acids is 3. The van der Waals surface area contributed by atoms with Gasteiger partial charge in [0.15, 0.2) is 0 Å².